The zero-order valence-corrected chi connectivity index (χ0v) is 32.8. The van der Waals surface area contributed by atoms with E-state index in [0.717, 1.165) is 0 Å². The molecule has 0 unspecified atom stereocenters. The summed E-state index contributed by atoms with van der Waals surface area (Å²) in [5.74, 6) is -7.22. The number of ketones is 1. The molecule has 296 valence electrons. The van der Waals surface area contributed by atoms with E-state index in [4.69, 9.17) is 35.3 Å². The number of halogens is 1. The molecule has 1 aliphatic heterocycles. The molecule has 6 rings (SSSR count). The highest BCUT2D eigenvalue weighted by atomic mass is 35.5. The third-order valence-corrected chi connectivity index (χ3v) is 13.1. The number of benzene rings is 2. The first kappa shape index (κ1) is 40.6. The molecule has 3 aliphatic carbocycles. The van der Waals surface area contributed by atoms with Crippen molar-refractivity contribution in [2.75, 3.05) is 12.5 Å². The summed E-state index contributed by atoms with van der Waals surface area (Å²) in [4.78, 5) is 69.0. The number of esters is 4. The number of hydrogen-bond donors (Lipinski definition) is 2. The number of carbonyl (C=O) groups excluding carboxylic acids is 5. The van der Waals surface area contributed by atoms with Gasteiger partial charge < -0.3 is 33.9 Å². The lowest BCUT2D eigenvalue weighted by molar-refractivity contribution is -0.345. The Morgan fingerprint density at radius 2 is 1.62 bits per heavy atom. The largest absolute Gasteiger partial charge is 0.455 e. The van der Waals surface area contributed by atoms with Crippen LogP contribution in [0.25, 0.3) is 0 Å². The van der Waals surface area contributed by atoms with Crippen molar-refractivity contribution in [3.05, 3.63) is 82.9 Å². The lowest BCUT2D eigenvalue weighted by atomic mass is 9.43. The maximum Gasteiger partial charge on any atom is 0.348 e. The molecule has 2 aromatic carbocycles. The van der Waals surface area contributed by atoms with Gasteiger partial charge in [0.15, 0.2) is 5.60 Å². The number of Topliss-reactive ketones (excluding diaryl/α,β-unsaturated/α-hetero) is 1. The van der Waals surface area contributed by atoms with Crippen LogP contribution in [-0.4, -0.2) is 94.1 Å². The molecule has 55 heavy (non-hydrogen) atoms. The zero-order chi connectivity index (χ0) is 40.2. The zero-order valence-electron chi connectivity index (χ0n) is 32.1. The third kappa shape index (κ3) is 6.48. The number of alkyl halides is 1. The number of rotatable bonds is 9. The third-order valence-electron chi connectivity index (χ3n) is 12.9. The van der Waals surface area contributed by atoms with Gasteiger partial charge in [0.05, 0.1) is 29.6 Å². The second-order valence-electron chi connectivity index (χ2n) is 16.2. The number of hydrogen-bond acceptors (Lipinski definition) is 12. The molecule has 0 aromatic heterocycles. The molecular formula is C42H49ClO12. The minimum atomic E-state index is -2.14. The number of aliphatic hydroxyl groups excluding tert-OH is 1. The average molecular weight is 781 g/mol. The molecule has 0 spiro atoms. The first-order valence-corrected chi connectivity index (χ1v) is 19.1. The Bertz CT molecular complexity index is 1880. The summed E-state index contributed by atoms with van der Waals surface area (Å²) >= 11 is 5.79. The lowest BCUT2D eigenvalue weighted by Gasteiger charge is -2.67. The van der Waals surface area contributed by atoms with E-state index in [-0.39, 0.29) is 25.0 Å². The Balaban J connectivity index is 1.53. The van der Waals surface area contributed by atoms with E-state index in [1.807, 2.05) is 6.07 Å². The van der Waals surface area contributed by atoms with Crippen LogP contribution in [0.5, 0.6) is 0 Å². The van der Waals surface area contributed by atoms with Gasteiger partial charge in [0, 0.05) is 37.0 Å². The van der Waals surface area contributed by atoms with Gasteiger partial charge in [-0.1, -0.05) is 76.2 Å². The standard InChI is InChI=1S/C42H49ClO12/c1-22(26-14-10-8-11-15-26)33(53-31(46)20-43)38(49)52-28-19-42(50)36(54-37(48)27-16-12-9-13-17-27)34-40(7,35(47)24(3)32(23(28)2)39(42,5)6)29(45)18-30-41(34,21-51-30)55-25(4)44/h8-17,22,24,28-30,33-34,36,45,50H,18-21H2,1-7H3/t22-,24+,28-,29-,30+,33+,34-,36-,40+,41-,42+/m0/s1. The molecule has 2 N–H and O–H groups in total. The normalized spacial score (nSPS) is 34.6. The fourth-order valence-corrected chi connectivity index (χ4v) is 10.0. The molecular weight excluding hydrogens is 732 g/mol. The summed E-state index contributed by atoms with van der Waals surface area (Å²) in [5.41, 5.74) is -5.08. The van der Waals surface area contributed by atoms with Crippen LogP contribution in [-0.2, 0) is 42.9 Å². The highest BCUT2D eigenvalue weighted by Crippen LogP contribution is 2.65. The Labute approximate surface area is 325 Å². The first-order valence-electron chi connectivity index (χ1n) is 18.6. The average Bonchev–Trinajstić information content (AvgIpc) is 3.15. The van der Waals surface area contributed by atoms with E-state index in [1.165, 1.54) is 19.1 Å². The van der Waals surface area contributed by atoms with Crippen LogP contribution in [0.4, 0.5) is 0 Å². The van der Waals surface area contributed by atoms with Gasteiger partial charge in [-0.2, -0.15) is 0 Å². The molecule has 2 aromatic rings. The van der Waals surface area contributed by atoms with E-state index >= 15 is 4.79 Å². The number of aliphatic hydroxyl groups is 2. The summed E-state index contributed by atoms with van der Waals surface area (Å²) in [6.07, 6.45) is -6.95. The van der Waals surface area contributed by atoms with Crippen molar-refractivity contribution in [1.82, 2.24) is 0 Å². The number of ether oxygens (including phenoxy) is 5. The van der Waals surface area contributed by atoms with Gasteiger partial charge in [0.2, 0.25) is 6.10 Å². The summed E-state index contributed by atoms with van der Waals surface area (Å²) in [6, 6.07) is 17.0. The molecule has 13 heteroatoms. The second kappa shape index (κ2) is 14.8. The van der Waals surface area contributed by atoms with Crippen LogP contribution in [0.3, 0.4) is 0 Å². The molecule has 2 bridgehead atoms. The smallest absolute Gasteiger partial charge is 0.348 e. The first-order chi connectivity index (χ1) is 25.8. The monoisotopic (exact) mass is 780 g/mol. The van der Waals surface area contributed by atoms with Crippen LogP contribution < -0.4 is 0 Å². The maximum absolute atomic E-state index is 15.2. The van der Waals surface area contributed by atoms with Crippen LogP contribution in [0, 0.1) is 22.7 Å². The van der Waals surface area contributed by atoms with Crippen molar-refractivity contribution >= 4 is 41.3 Å². The maximum atomic E-state index is 15.2. The van der Waals surface area contributed by atoms with Gasteiger partial charge in [0.25, 0.3) is 0 Å². The quantitative estimate of drug-likeness (QED) is 0.154. The van der Waals surface area contributed by atoms with E-state index in [1.54, 1.807) is 84.0 Å². The number of fused-ring (bicyclic) bond motifs is 5. The highest BCUT2D eigenvalue weighted by molar-refractivity contribution is 6.26. The molecule has 2 saturated carbocycles. The van der Waals surface area contributed by atoms with E-state index < -0.39 is 106 Å². The minimum Gasteiger partial charge on any atom is -0.455 e. The number of carbonyl (C=O) groups is 5. The molecule has 12 nitrogen and oxygen atoms in total. The molecule has 11 atom stereocenters. The fraction of sp³-hybridized carbons (Fsp3) is 0.548. The van der Waals surface area contributed by atoms with Crippen LogP contribution in [0.15, 0.2) is 71.8 Å². The van der Waals surface area contributed by atoms with Crippen LogP contribution >= 0.6 is 11.6 Å². The molecule has 0 amide bonds. The summed E-state index contributed by atoms with van der Waals surface area (Å²) in [5, 5.41) is 25.5. The highest BCUT2D eigenvalue weighted by Gasteiger charge is 2.77. The van der Waals surface area contributed by atoms with E-state index in [2.05, 4.69) is 0 Å². The molecule has 3 fully saturated rings. The van der Waals surface area contributed by atoms with Gasteiger partial charge in [-0.05, 0) is 42.7 Å². The summed E-state index contributed by atoms with van der Waals surface area (Å²) in [6.45, 7) is 11.1. The summed E-state index contributed by atoms with van der Waals surface area (Å²) < 4.78 is 30.2. The van der Waals surface area contributed by atoms with Gasteiger partial charge in [-0.3, -0.25) is 14.4 Å². The van der Waals surface area contributed by atoms with Crippen molar-refractivity contribution in [3.8, 4) is 0 Å². The van der Waals surface area contributed by atoms with Gasteiger partial charge in [-0.25, -0.2) is 9.59 Å². The topological polar surface area (TPSA) is 172 Å². The predicted octanol–water partition coefficient (Wildman–Crippen LogP) is 4.86. The Hall–Kier alpha value is -4.10. The summed E-state index contributed by atoms with van der Waals surface area (Å²) in [7, 11) is 0. The van der Waals surface area contributed by atoms with Crippen LogP contribution in [0.2, 0.25) is 0 Å². The Kier molecular flexibility index (Phi) is 10.9. The SMILES string of the molecule is CC(=O)O[C@@]12CO[C@@H]1C[C@H](O)[C@@]1(C)C(=O)[C@H](C)C3=C(C)[C@@H](OC(=O)[C@H](OC(=O)CCl)[C@@H](C)c4ccccc4)C[C@@](O)([C@@H](OC(=O)c4ccccc4)[C@H]21)C3(C)C. The Morgan fingerprint density at radius 3 is 2.18 bits per heavy atom. The van der Waals surface area contributed by atoms with Gasteiger partial charge in [-0.15, -0.1) is 11.6 Å². The predicted molar refractivity (Wildman–Crippen MR) is 198 cm³/mol. The van der Waals surface area contributed by atoms with Crippen molar-refractivity contribution in [3.63, 3.8) is 0 Å². The molecule has 0 radical (unpaired) electrons. The van der Waals surface area contributed by atoms with Crippen molar-refractivity contribution < 1.29 is 57.9 Å². The van der Waals surface area contributed by atoms with Crippen molar-refractivity contribution in [2.45, 2.75) is 109 Å². The minimum absolute atomic E-state index is 0.0554. The molecule has 4 aliphatic rings. The Morgan fingerprint density at radius 1 is 1.00 bits per heavy atom. The van der Waals surface area contributed by atoms with Gasteiger partial charge >= 0.3 is 23.9 Å². The van der Waals surface area contributed by atoms with E-state index in [9.17, 15) is 29.4 Å². The molecule has 1 heterocycles. The second-order valence-corrected chi connectivity index (χ2v) is 16.4. The van der Waals surface area contributed by atoms with Crippen molar-refractivity contribution in [2.24, 2.45) is 22.7 Å². The van der Waals surface area contributed by atoms with E-state index in [0.29, 0.717) is 16.7 Å². The van der Waals surface area contributed by atoms with Crippen molar-refractivity contribution in [1.29, 1.82) is 0 Å². The fourth-order valence-electron chi connectivity index (χ4n) is 9.94. The lowest BCUT2D eigenvalue weighted by Crippen LogP contribution is -2.81. The van der Waals surface area contributed by atoms with Crippen LogP contribution in [0.1, 0.15) is 83.1 Å². The van der Waals surface area contributed by atoms with Gasteiger partial charge in [0.1, 0.15) is 35.6 Å². The molecule has 1 saturated heterocycles.